The summed E-state index contributed by atoms with van der Waals surface area (Å²) in [4.78, 5) is 15.1. The highest BCUT2D eigenvalue weighted by Gasteiger charge is 2.28. The monoisotopic (exact) mass is 473 g/mol. The molecular weight excluding hydrogens is 446 g/mol. The molecule has 32 heavy (non-hydrogen) atoms. The van der Waals surface area contributed by atoms with Crippen LogP contribution in [0.15, 0.2) is 44.8 Å². The molecule has 1 saturated heterocycles. The van der Waals surface area contributed by atoms with Gasteiger partial charge >= 0.3 is 0 Å². The minimum absolute atomic E-state index is 0.106. The van der Waals surface area contributed by atoms with E-state index in [0.717, 1.165) is 27.5 Å². The topological polar surface area (TPSA) is 108 Å². The van der Waals surface area contributed by atoms with Crippen molar-refractivity contribution in [2.24, 2.45) is 17.0 Å². The molecule has 0 unspecified atom stereocenters. The smallest absolute Gasteiger partial charge is 0.250 e. The van der Waals surface area contributed by atoms with Crippen LogP contribution >= 0.6 is 11.3 Å². The number of aromatic nitrogens is 3. The number of aryl methyl sites for hydroxylation is 2. The highest BCUT2D eigenvalue weighted by atomic mass is 32.2. The molecule has 0 aromatic carbocycles. The number of thiophene rings is 1. The molecule has 170 valence electrons. The van der Waals surface area contributed by atoms with Crippen LogP contribution in [0, 0.1) is 6.92 Å². The largest absolute Gasteiger partial charge is 0.356 e. The van der Waals surface area contributed by atoms with Crippen LogP contribution in [-0.2, 0) is 17.1 Å². The zero-order valence-electron chi connectivity index (χ0n) is 18.4. The summed E-state index contributed by atoms with van der Waals surface area (Å²) in [5.41, 5.74) is 2.72. The van der Waals surface area contributed by atoms with Crippen LogP contribution in [0.25, 0.3) is 11.3 Å². The highest BCUT2D eigenvalue weighted by Crippen LogP contribution is 2.29. The minimum atomic E-state index is -3.49. The van der Waals surface area contributed by atoms with Gasteiger partial charge in [0.25, 0.3) is 0 Å². The van der Waals surface area contributed by atoms with Gasteiger partial charge in [-0.05, 0) is 44.7 Å². The predicted octanol–water partition coefficient (Wildman–Crippen LogP) is 2.94. The molecule has 11 heteroatoms. The second kappa shape index (κ2) is 9.00. The zero-order chi connectivity index (χ0) is 22.9. The lowest BCUT2D eigenvalue weighted by molar-refractivity contribution is 0.302. The predicted molar refractivity (Wildman–Crippen MR) is 129 cm³/mol. The van der Waals surface area contributed by atoms with E-state index in [1.807, 2.05) is 32.3 Å². The van der Waals surface area contributed by atoms with Crippen molar-refractivity contribution < 1.29 is 8.42 Å². The average molecular weight is 474 g/mol. The summed E-state index contributed by atoms with van der Waals surface area (Å²) in [5.74, 6) is 1.47. The molecular formula is C21H27N7O2S2. The lowest BCUT2D eigenvalue weighted by atomic mass is 10.0. The lowest BCUT2D eigenvalue weighted by Crippen LogP contribution is -2.46. The third-order valence-electron chi connectivity index (χ3n) is 5.52. The Balaban J connectivity index is 1.47. The van der Waals surface area contributed by atoms with Gasteiger partial charge in [-0.15, -0.1) is 11.3 Å². The van der Waals surface area contributed by atoms with E-state index in [1.54, 1.807) is 24.0 Å². The number of nitrogens with one attached hydrogen (secondary N) is 2. The normalized spacial score (nSPS) is 16.0. The van der Waals surface area contributed by atoms with Crippen molar-refractivity contribution in [2.75, 3.05) is 20.1 Å². The number of nitrogens with zero attached hydrogens (tertiary/aromatic N) is 5. The fraction of sp³-hybridized carbons (Fsp3) is 0.381. The van der Waals surface area contributed by atoms with E-state index in [1.165, 1.54) is 11.3 Å². The van der Waals surface area contributed by atoms with Crippen molar-refractivity contribution in [3.63, 3.8) is 0 Å². The summed E-state index contributed by atoms with van der Waals surface area (Å²) in [5, 5.41) is 4.23. The summed E-state index contributed by atoms with van der Waals surface area (Å²) < 4.78 is 30.3. The number of likely N-dealkylation sites (tertiary alicyclic amines) is 1. The second-order valence-corrected chi connectivity index (χ2v) is 11.0. The Morgan fingerprint density at radius 3 is 2.66 bits per heavy atom. The number of aliphatic imine (C=N–C) groups is 2. The number of rotatable bonds is 6. The van der Waals surface area contributed by atoms with Gasteiger partial charge in [-0.2, -0.15) is 5.10 Å². The third kappa shape index (κ3) is 4.54. The zero-order valence-corrected chi connectivity index (χ0v) is 20.0. The van der Waals surface area contributed by atoms with Crippen molar-refractivity contribution in [3.05, 3.63) is 41.0 Å². The first-order valence-corrected chi connectivity index (χ1v) is 12.6. The Bertz CT molecular complexity index is 1240. The molecule has 3 aromatic heterocycles. The average Bonchev–Trinajstić information content (AvgIpc) is 3.49. The van der Waals surface area contributed by atoms with E-state index in [0.29, 0.717) is 36.0 Å². The van der Waals surface area contributed by atoms with Crippen LogP contribution in [0.3, 0.4) is 0 Å². The molecule has 1 fully saturated rings. The summed E-state index contributed by atoms with van der Waals surface area (Å²) in [7, 11) is 0.142. The van der Waals surface area contributed by atoms with Crippen molar-refractivity contribution >= 4 is 39.7 Å². The van der Waals surface area contributed by atoms with Crippen LogP contribution < -0.4 is 4.72 Å². The molecule has 0 aliphatic carbocycles. The molecule has 3 aromatic rings. The summed E-state index contributed by atoms with van der Waals surface area (Å²) in [6.45, 7) is 6.98. The quantitative estimate of drug-likeness (QED) is 0.424. The molecule has 4 heterocycles. The molecule has 1 aliphatic heterocycles. The van der Waals surface area contributed by atoms with Gasteiger partial charge in [0.2, 0.25) is 10.0 Å². The Labute approximate surface area is 192 Å². The maximum absolute atomic E-state index is 12.7. The minimum Gasteiger partial charge on any atom is -0.356 e. The molecule has 0 bridgehead atoms. The van der Waals surface area contributed by atoms with Crippen LogP contribution in [-0.4, -0.2) is 66.8 Å². The van der Waals surface area contributed by atoms with E-state index in [9.17, 15) is 8.42 Å². The van der Waals surface area contributed by atoms with Gasteiger partial charge in [0.1, 0.15) is 15.9 Å². The highest BCUT2D eigenvalue weighted by molar-refractivity contribution is 7.91. The fourth-order valence-corrected chi connectivity index (χ4v) is 6.53. The molecule has 0 spiro atoms. The Morgan fingerprint density at radius 1 is 1.34 bits per heavy atom. The summed E-state index contributed by atoms with van der Waals surface area (Å²) in [6, 6.07) is 5.39. The number of hydrogen-bond acceptors (Lipinski definition) is 6. The fourth-order valence-electron chi connectivity index (χ4n) is 3.93. The first-order valence-electron chi connectivity index (χ1n) is 10.3. The first kappa shape index (κ1) is 22.4. The van der Waals surface area contributed by atoms with E-state index >= 15 is 0 Å². The molecule has 9 nitrogen and oxygen atoms in total. The van der Waals surface area contributed by atoms with Gasteiger partial charge < -0.3 is 9.88 Å². The van der Waals surface area contributed by atoms with Crippen LogP contribution in [0.5, 0.6) is 0 Å². The van der Waals surface area contributed by atoms with Gasteiger partial charge in [-0.3, -0.25) is 9.67 Å². The Morgan fingerprint density at radius 2 is 2.09 bits per heavy atom. The molecule has 0 saturated carbocycles. The van der Waals surface area contributed by atoms with E-state index in [-0.39, 0.29) is 6.04 Å². The number of aromatic amines is 1. The number of amidine groups is 1. The maximum Gasteiger partial charge on any atom is 0.250 e. The van der Waals surface area contributed by atoms with Crippen molar-refractivity contribution in [3.8, 4) is 11.3 Å². The number of piperidine rings is 1. The van der Waals surface area contributed by atoms with Crippen LogP contribution in [0.2, 0.25) is 0 Å². The first-order chi connectivity index (χ1) is 15.3. The van der Waals surface area contributed by atoms with E-state index < -0.39 is 10.0 Å². The van der Waals surface area contributed by atoms with Crippen molar-refractivity contribution in [2.45, 2.75) is 30.0 Å². The van der Waals surface area contributed by atoms with Gasteiger partial charge in [-0.1, -0.05) is 0 Å². The van der Waals surface area contributed by atoms with Crippen LogP contribution in [0.4, 0.5) is 5.82 Å². The maximum atomic E-state index is 12.7. The molecule has 0 radical (unpaired) electrons. The summed E-state index contributed by atoms with van der Waals surface area (Å²) >= 11 is 1.29. The molecule has 2 N–H and O–H groups in total. The lowest BCUT2D eigenvalue weighted by Gasteiger charge is -2.34. The Kier molecular flexibility index (Phi) is 6.31. The standard InChI is InChI=1S/C21H27N7O2S2/c1-14-5-6-19(31-14)32(29,30)26-16-7-9-28(10-8-16)21(23-3)17-11-18(25-20(17)22-2)15-12-24-27(4)13-15/h5-6,11-13,16,25-26H,2,7-10H2,1,3-4H3/b23-21+. The van der Waals surface area contributed by atoms with E-state index in [4.69, 9.17) is 0 Å². The molecule has 1 aliphatic rings. The number of H-pyrrole nitrogens is 1. The molecule has 0 amide bonds. The molecule has 4 rings (SSSR count). The Hall–Kier alpha value is -2.76. The van der Waals surface area contributed by atoms with Gasteiger partial charge in [-0.25, -0.2) is 18.1 Å². The molecule has 0 atom stereocenters. The third-order valence-corrected chi connectivity index (χ3v) is 8.53. The summed E-state index contributed by atoms with van der Waals surface area (Å²) in [6.07, 6.45) is 5.11. The van der Waals surface area contributed by atoms with Crippen molar-refractivity contribution in [1.82, 2.24) is 24.4 Å². The number of sulfonamides is 1. The number of hydrogen-bond donors (Lipinski definition) is 2. The SMILES string of the molecule is C=Nc1[nH]c(-c2cnn(C)c2)cc1/C(=N\C)N1CCC(NS(=O)(=O)c2ccc(C)s2)CC1. The second-order valence-electron chi connectivity index (χ2n) is 7.80. The van der Waals surface area contributed by atoms with Gasteiger partial charge in [0, 0.05) is 49.9 Å². The van der Waals surface area contributed by atoms with E-state index in [2.05, 4.69) is 36.4 Å². The van der Waals surface area contributed by atoms with Gasteiger partial charge in [0.15, 0.2) is 0 Å². The van der Waals surface area contributed by atoms with Gasteiger partial charge in [0.05, 0.1) is 17.5 Å². The van der Waals surface area contributed by atoms with Crippen molar-refractivity contribution in [1.29, 1.82) is 0 Å². The van der Waals surface area contributed by atoms with Crippen LogP contribution in [0.1, 0.15) is 23.3 Å².